The molecule has 0 saturated heterocycles. The molecule has 1 aliphatic carbocycles. The fourth-order valence-electron chi connectivity index (χ4n) is 3.12. The van der Waals surface area contributed by atoms with E-state index < -0.39 is 0 Å². The molecule has 1 aromatic carbocycles. The number of nitrogens with one attached hydrogen (secondary N) is 1. The minimum atomic E-state index is -0.272. The average Bonchev–Trinajstić information content (AvgIpc) is 2.59. The summed E-state index contributed by atoms with van der Waals surface area (Å²) in [5.74, 6) is -0.391. The smallest absolute Gasteiger partial charge is 0.246 e. The van der Waals surface area contributed by atoms with Crippen molar-refractivity contribution in [1.82, 2.24) is 10.5 Å². The molecule has 1 atom stereocenters. The first-order valence-electron chi connectivity index (χ1n) is 7.70. The predicted octanol–water partition coefficient (Wildman–Crippen LogP) is 2.48. The van der Waals surface area contributed by atoms with Gasteiger partial charge in [-0.3, -0.25) is 15.0 Å². The lowest BCUT2D eigenvalue weighted by molar-refractivity contribution is -0.133. The summed E-state index contributed by atoms with van der Waals surface area (Å²) in [4.78, 5) is 15.7. The van der Waals surface area contributed by atoms with Gasteiger partial charge in [-0.05, 0) is 60.4 Å². The van der Waals surface area contributed by atoms with Gasteiger partial charge in [-0.1, -0.05) is 24.3 Å². The van der Waals surface area contributed by atoms with Gasteiger partial charge in [0.1, 0.15) is 0 Å². The molecule has 1 heterocycles. The first-order chi connectivity index (χ1) is 10.8. The Labute approximate surface area is 130 Å². The number of carbonyl (C=O) groups excluding carboxylic acids is 1. The van der Waals surface area contributed by atoms with Crippen molar-refractivity contribution in [3.8, 4) is 0 Å². The Balaban J connectivity index is 1.69. The molecule has 2 aromatic rings. The van der Waals surface area contributed by atoms with Gasteiger partial charge >= 0.3 is 0 Å². The number of nitrogens with zero attached hydrogens (tertiary/aromatic N) is 1. The highest BCUT2D eigenvalue weighted by atomic mass is 16.5. The summed E-state index contributed by atoms with van der Waals surface area (Å²) in [6, 6.07) is 10.6. The molecule has 0 aliphatic heterocycles. The molecule has 0 fully saturated rings. The molecule has 4 heteroatoms. The Morgan fingerprint density at radius 2 is 2.09 bits per heavy atom. The summed E-state index contributed by atoms with van der Waals surface area (Å²) in [7, 11) is 0. The van der Waals surface area contributed by atoms with Crippen molar-refractivity contribution in [2.75, 3.05) is 0 Å². The molecule has 1 aliphatic rings. The third kappa shape index (κ3) is 3.34. The van der Waals surface area contributed by atoms with Crippen molar-refractivity contribution >= 4 is 5.91 Å². The van der Waals surface area contributed by atoms with E-state index in [0.29, 0.717) is 6.42 Å². The molecule has 3 rings (SSSR count). The van der Waals surface area contributed by atoms with Crippen molar-refractivity contribution in [2.24, 2.45) is 5.92 Å². The molecular formula is C18H20N2O2. The van der Waals surface area contributed by atoms with Crippen molar-refractivity contribution in [1.29, 1.82) is 0 Å². The predicted molar refractivity (Wildman–Crippen MR) is 83.5 cm³/mol. The highest BCUT2D eigenvalue weighted by Gasteiger charge is 2.24. The molecule has 1 unspecified atom stereocenters. The van der Waals surface area contributed by atoms with Crippen LogP contribution >= 0.6 is 0 Å². The zero-order valence-electron chi connectivity index (χ0n) is 12.5. The van der Waals surface area contributed by atoms with Crippen LogP contribution < -0.4 is 5.48 Å². The van der Waals surface area contributed by atoms with Gasteiger partial charge in [0.05, 0.1) is 0 Å². The van der Waals surface area contributed by atoms with Crippen molar-refractivity contribution in [3.63, 3.8) is 0 Å². The lowest BCUT2D eigenvalue weighted by Gasteiger charge is -2.23. The van der Waals surface area contributed by atoms with Crippen molar-refractivity contribution in [3.05, 3.63) is 65.0 Å². The number of pyridine rings is 1. The number of aryl methyl sites for hydroxylation is 3. The normalized spacial score (nSPS) is 16.9. The van der Waals surface area contributed by atoms with Crippen LogP contribution in [0, 0.1) is 5.92 Å². The summed E-state index contributed by atoms with van der Waals surface area (Å²) in [6.45, 7) is 0. The molecule has 1 aromatic heterocycles. The number of hydroxylamine groups is 1. The number of rotatable bonds is 4. The fraction of sp³-hybridized carbons (Fsp3) is 0.333. The Bertz CT molecular complexity index is 655. The van der Waals surface area contributed by atoms with Crippen molar-refractivity contribution < 1.29 is 10.0 Å². The van der Waals surface area contributed by atoms with Crippen LogP contribution in [0.15, 0.2) is 42.7 Å². The second kappa shape index (κ2) is 6.71. The maximum absolute atomic E-state index is 11.6. The molecule has 0 radical (unpaired) electrons. The van der Waals surface area contributed by atoms with Gasteiger partial charge in [-0.2, -0.15) is 0 Å². The fourth-order valence-corrected chi connectivity index (χ4v) is 3.12. The van der Waals surface area contributed by atoms with Gasteiger partial charge in [0.25, 0.3) is 0 Å². The van der Waals surface area contributed by atoms with E-state index in [-0.39, 0.29) is 11.8 Å². The van der Waals surface area contributed by atoms with Crippen LogP contribution in [-0.2, 0) is 30.5 Å². The summed E-state index contributed by atoms with van der Waals surface area (Å²) in [5.41, 5.74) is 6.87. The minimum absolute atomic E-state index is 0.119. The Kier molecular flexibility index (Phi) is 4.49. The second-order valence-corrected chi connectivity index (χ2v) is 5.88. The van der Waals surface area contributed by atoms with E-state index >= 15 is 0 Å². The van der Waals surface area contributed by atoms with E-state index in [1.165, 1.54) is 22.3 Å². The highest BCUT2D eigenvalue weighted by molar-refractivity contribution is 5.78. The topological polar surface area (TPSA) is 62.2 Å². The quantitative estimate of drug-likeness (QED) is 0.673. The van der Waals surface area contributed by atoms with E-state index in [1.54, 1.807) is 11.7 Å². The highest BCUT2D eigenvalue weighted by Crippen LogP contribution is 2.27. The summed E-state index contributed by atoms with van der Waals surface area (Å²) < 4.78 is 0. The van der Waals surface area contributed by atoms with Crippen LogP contribution in [0.3, 0.4) is 0 Å². The van der Waals surface area contributed by atoms with Gasteiger partial charge in [0.15, 0.2) is 0 Å². The number of aromatic nitrogens is 1. The Hall–Kier alpha value is -2.20. The number of benzene rings is 1. The molecule has 1 amide bonds. The number of hydrogen-bond donors (Lipinski definition) is 2. The van der Waals surface area contributed by atoms with Crippen LogP contribution in [0.25, 0.3) is 0 Å². The third-order valence-corrected chi connectivity index (χ3v) is 4.41. The molecule has 22 heavy (non-hydrogen) atoms. The van der Waals surface area contributed by atoms with E-state index in [2.05, 4.69) is 29.2 Å². The van der Waals surface area contributed by atoms with E-state index in [9.17, 15) is 4.79 Å². The van der Waals surface area contributed by atoms with E-state index in [4.69, 9.17) is 5.21 Å². The van der Waals surface area contributed by atoms with Gasteiger partial charge < -0.3 is 0 Å². The summed E-state index contributed by atoms with van der Waals surface area (Å²) in [6.07, 6.45) is 8.03. The maximum Gasteiger partial charge on any atom is 0.246 e. The maximum atomic E-state index is 11.6. The van der Waals surface area contributed by atoms with Crippen LogP contribution in [0.5, 0.6) is 0 Å². The molecule has 0 spiro atoms. The van der Waals surface area contributed by atoms with Gasteiger partial charge in [-0.25, -0.2) is 5.48 Å². The largest absolute Gasteiger partial charge is 0.289 e. The van der Waals surface area contributed by atoms with Crippen LogP contribution in [0.4, 0.5) is 0 Å². The van der Waals surface area contributed by atoms with Gasteiger partial charge in [-0.15, -0.1) is 0 Å². The molecule has 0 saturated carbocycles. The first kappa shape index (κ1) is 14.7. The lowest BCUT2D eigenvalue weighted by Crippen LogP contribution is -2.31. The number of carbonyl (C=O) groups is 1. The molecule has 114 valence electrons. The number of hydrogen-bond acceptors (Lipinski definition) is 3. The zero-order valence-corrected chi connectivity index (χ0v) is 12.5. The minimum Gasteiger partial charge on any atom is -0.289 e. The van der Waals surface area contributed by atoms with Crippen LogP contribution in [0.2, 0.25) is 0 Å². The van der Waals surface area contributed by atoms with Crippen molar-refractivity contribution in [2.45, 2.75) is 32.1 Å². The van der Waals surface area contributed by atoms with Gasteiger partial charge in [0, 0.05) is 18.3 Å². The summed E-state index contributed by atoms with van der Waals surface area (Å²) in [5, 5.41) is 8.79. The van der Waals surface area contributed by atoms with E-state index in [0.717, 1.165) is 25.7 Å². The van der Waals surface area contributed by atoms with Crippen LogP contribution in [-0.4, -0.2) is 16.1 Å². The standard InChI is InChI=1S/C18H20N2O2/c21-18(20-22)16-8-7-15-6-5-13(10-17(15)11-16)3-4-14-2-1-9-19-12-14/h1-2,5-6,9-10,12,16,22H,3-4,7-8,11H2,(H,20,21). The van der Waals surface area contributed by atoms with Gasteiger partial charge in [0.2, 0.25) is 5.91 Å². The Morgan fingerprint density at radius 1 is 1.23 bits per heavy atom. The zero-order chi connectivity index (χ0) is 15.4. The molecule has 2 N–H and O–H groups in total. The first-order valence-corrected chi connectivity index (χ1v) is 7.70. The SMILES string of the molecule is O=C(NO)C1CCc2ccc(CCc3cccnc3)cc2C1. The Morgan fingerprint density at radius 3 is 2.86 bits per heavy atom. The van der Waals surface area contributed by atoms with E-state index in [1.807, 2.05) is 12.3 Å². The summed E-state index contributed by atoms with van der Waals surface area (Å²) >= 11 is 0. The number of amides is 1. The lowest BCUT2D eigenvalue weighted by atomic mass is 9.82. The monoisotopic (exact) mass is 296 g/mol. The third-order valence-electron chi connectivity index (χ3n) is 4.41. The second-order valence-electron chi connectivity index (χ2n) is 5.88. The van der Waals surface area contributed by atoms with Crippen LogP contribution in [0.1, 0.15) is 28.7 Å². The molecular weight excluding hydrogens is 276 g/mol. The number of fused-ring (bicyclic) bond motifs is 1. The molecule has 0 bridgehead atoms. The molecule has 4 nitrogen and oxygen atoms in total. The average molecular weight is 296 g/mol.